The Morgan fingerprint density at radius 1 is 1.10 bits per heavy atom. The van der Waals surface area contributed by atoms with E-state index in [0.717, 1.165) is 36.1 Å². The standard InChI is InChI=1S/C23H32N2O3S.ClH/c1-3-29(26,27)18-9-11-23(28-2)20(15-18)21-10-8-17(25-21)14-22-19-7-5-4-6-16(19)12-13-24-22;/h8-11,15-16,19,22,24-25H,3-7,12-14H2,1-2H3;1H/t16-,19?,22-;/m1./s1. The molecule has 2 aliphatic rings. The minimum absolute atomic E-state index is 0. The van der Waals surface area contributed by atoms with Gasteiger partial charge in [-0.1, -0.05) is 26.2 Å². The second kappa shape index (κ2) is 9.75. The lowest BCUT2D eigenvalue weighted by Gasteiger charge is -2.42. The quantitative estimate of drug-likeness (QED) is 0.671. The summed E-state index contributed by atoms with van der Waals surface area (Å²) in [6.45, 7) is 2.78. The van der Waals surface area contributed by atoms with Crippen LogP contribution in [0, 0.1) is 11.8 Å². The second-order valence-electron chi connectivity index (χ2n) is 8.42. The number of rotatable bonds is 6. The highest BCUT2D eigenvalue weighted by molar-refractivity contribution is 7.91. The van der Waals surface area contributed by atoms with Crippen molar-refractivity contribution in [2.24, 2.45) is 11.8 Å². The molecule has 2 N–H and O–H groups in total. The Hall–Kier alpha value is -1.50. The number of ether oxygens (including phenoxy) is 1. The van der Waals surface area contributed by atoms with Gasteiger partial charge in [0.25, 0.3) is 0 Å². The number of nitrogens with one attached hydrogen (secondary N) is 2. The normalized spacial score (nSPS) is 24.0. The van der Waals surface area contributed by atoms with Gasteiger partial charge in [0.1, 0.15) is 5.75 Å². The molecule has 1 saturated carbocycles. The Morgan fingerprint density at radius 3 is 2.67 bits per heavy atom. The van der Waals surface area contributed by atoms with E-state index in [0.29, 0.717) is 16.7 Å². The van der Waals surface area contributed by atoms with Crippen LogP contribution in [0.3, 0.4) is 0 Å². The number of H-pyrrole nitrogens is 1. The fourth-order valence-electron chi connectivity index (χ4n) is 5.16. The van der Waals surface area contributed by atoms with Crippen LogP contribution in [0.15, 0.2) is 35.2 Å². The molecule has 1 aliphatic carbocycles. The molecule has 0 amide bonds. The maximum absolute atomic E-state index is 12.3. The smallest absolute Gasteiger partial charge is 0.178 e. The predicted octanol–water partition coefficient (Wildman–Crippen LogP) is 4.62. The van der Waals surface area contributed by atoms with Gasteiger partial charge in [0.2, 0.25) is 0 Å². The number of halogens is 1. The highest BCUT2D eigenvalue weighted by atomic mass is 35.5. The van der Waals surface area contributed by atoms with Crippen molar-refractivity contribution < 1.29 is 13.2 Å². The summed E-state index contributed by atoms with van der Waals surface area (Å²) in [5, 5.41) is 3.75. The number of benzene rings is 1. The van der Waals surface area contributed by atoms with Gasteiger partial charge in [-0.3, -0.25) is 0 Å². The van der Waals surface area contributed by atoms with E-state index in [9.17, 15) is 8.42 Å². The summed E-state index contributed by atoms with van der Waals surface area (Å²) < 4.78 is 30.2. The van der Waals surface area contributed by atoms with Gasteiger partial charge in [-0.25, -0.2) is 8.42 Å². The van der Waals surface area contributed by atoms with Crippen molar-refractivity contribution in [3.8, 4) is 17.0 Å². The lowest BCUT2D eigenvalue weighted by molar-refractivity contribution is 0.133. The number of sulfone groups is 1. The van der Waals surface area contributed by atoms with E-state index in [1.165, 1.54) is 37.8 Å². The van der Waals surface area contributed by atoms with Crippen LogP contribution in [0.4, 0.5) is 0 Å². The molecule has 4 rings (SSSR count). The summed E-state index contributed by atoms with van der Waals surface area (Å²) in [7, 11) is -1.65. The topological polar surface area (TPSA) is 71.2 Å². The van der Waals surface area contributed by atoms with Crippen molar-refractivity contribution in [1.82, 2.24) is 10.3 Å². The zero-order chi connectivity index (χ0) is 20.4. The zero-order valence-electron chi connectivity index (χ0n) is 17.8. The summed E-state index contributed by atoms with van der Waals surface area (Å²) in [5.74, 6) is 2.42. The molecule has 1 aromatic heterocycles. The van der Waals surface area contributed by atoms with Crippen molar-refractivity contribution in [1.29, 1.82) is 0 Å². The molecule has 3 atom stereocenters. The molecule has 2 heterocycles. The van der Waals surface area contributed by atoms with E-state index in [2.05, 4.69) is 16.4 Å². The first-order valence-electron chi connectivity index (χ1n) is 10.8. The molecule has 2 aromatic rings. The Kier molecular flexibility index (Phi) is 7.53. The first kappa shape index (κ1) is 23.2. The third-order valence-electron chi connectivity index (χ3n) is 6.79. The molecular formula is C23H33ClN2O3S. The van der Waals surface area contributed by atoms with Crippen LogP contribution in [0.1, 0.15) is 44.7 Å². The Morgan fingerprint density at radius 2 is 1.90 bits per heavy atom. The van der Waals surface area contributed by atoms with Gasteiger partial charge in [-0.2, -0.15) is 0 Å². The molecule has 0 radical (unpaired) electrons. The van der Waals surface area contributed by atoms with Crippen LogP contribution in [0.25, 0.3) is 11.3 Å². The van der Waals surface area contributed by atoms with E-state index < -0.39 is 9.84 Å². The fourth-order valence-corrected chi connectivity index (χ4v) is 6.07. The molecule has 1 saturated heterocycles. The monoisotopic (exact) mass is 452 g/mol. The summed E-state index contributed by atoms with van der Waals surface area (Å²) in [6.07, 6.45) is 7.75. The first-order chi connectivity index (χ1) is 14.0. The molecule has 1 aromatic carbocycles. The summed E-state index contributed by atoms with van der Waals surface area (Å²) in [4.78, 5) is 3.87. The van der Waals surface area contributed by atoms with Crippen molar-refractivity contribution in [2.45, 2.75) is 56.4 Å². The SMILES string of the molecule is CCS(=O)(=O)c1ccc(OC)c(-c2ccc(C[C@H]3NCC[C@H]4CCCCC43)[nH]2)c1.Cl. The van der Waals surface area contributed by atoms with Crippen LogP contribution in [0.2, 0.25) is 0 Å². The van der Waals surface area contributed by atoms with E-state index in [-0.39, 0.29) is 18.2 Å². The Balaban J connectivity index is 0.00000256. The first-order valence-corrected chi connectivity index (χ1v) is 12.5. The zero-order valence-corrected chi connectivity index (χ0v) is 19.4. The van der Waals surface area contributed by atoms with Crippen molar-refractivity contribution in [3.05, 3.63) is 36.0 Å². The highest BCUT2D eigenvalue weighted by Crippen LogP contribution is 2.38. The van der Waals surface area contributed by atoms with Gasteiger partial charge >= 0.3 is 0 Å². The van der Waals surface area contributed by atoms with Gasteiger partial charge in [0, 0.05) is 29.4 Å². The maximum Gasteiger partial charge on any atom is 0.178 e. The second-order valence-corrected chi connectivity index (χ2v) is 10.7. The van der Waals surface area contributed by atoms with Crippen LogP contribution < -0.4 is 10.1 Å². The Bertz CT molecular complexity index is 955. The summed E-state index contributed by atoms with van der Waals surface area (Å²) >= 11 is 0. The predicted molar refractivity (Wildman–Crippen MR) is 123 cm³/mol. The van der Waals surface area contributed by atoms with Gasteiger partial charge in [0.05, 0.1) is 17.8 Å². The molecule has 5 nitrogen and oxygen atoms in total. The number of hydrogen-bond donors (Lipinski definition) is 2. The van der Waals surface area contributed by atoms with Crippen molar-refractivity contribution >= 4 is 22.2 Å². The largest absolute Gasteiger partial charge is 0.496 e. The van der Waals surface area contributed by atoms with Crippen molar-refractivity contribution in [2.75, 3.05) is 19.4 Å². The molecule has 2 fully saturated rings. The number of aromatic amines is 1. The lowest BCUT2D eigenvalue weighted by atomic mass is 9.71. The molecule has 1 aliphatic heterocycles. The molecule has 7 heteroatoms. The molecule has 0 spiro atoms. The average Bonchev–Trinajstić information content (AvgIpc) is 3.22. The number of piperidine rings is 1. The van der Waals surface area contributed by atoms with E-state index >= 15 is 0 Å². The molecule has 1 unspecified atom stereocenters. The van der Waals surface area contributed by atoms with Crippen LogP contribution >= 0.6 is 12.4 Å². The lowest BCUT2D eigenvalue weighted by Crippen LogP contribution is -2.48. The minimum atomic E-state index is -3.26. The third-order valence-corrected chi connectivity index (χ3v) is 8.53. The molecule has 0 bridgehead atoms. The molecular weight excluding hydrogens is 420 g/mol. The molecule has 30 heavy (non-hydrogen) atoms. The van der Waals surface area contributed by atoms with Crippen LogP contribution in [-0.2, 0) is 16.3 Å². The number of fused-ring (bicyclic) bond motifs is 1. The average molecular weight is 453 g/mol. The summed E-state index contributed by atoms with van der Waals surface area (Å²) in [5.41, 5.74) is 2.89. The summed E-state index contributed by atoms with van der Waals surface area (Å²) in [6, 6.07) is 9.78. The van der Waals surface area contributed by atoms with E-state index in [4.69, 9.17) is 4.74 Å². The van der Waals surface area contributed by atoms with E-state index in [1.807, 2.05) is 6.07 Å². The van der Waals surface area contributed by atoms with Crippen LogP contribution in [0.5, 0.6) is 5.75 Å². The van der Waals surface area contributed by atoms with Gasteiger partial charge in [-0.05, 0) is 61.6 Å². The van der Waals surface area contributed by atoms with Crippen molar-refractivity contribution in [3.63, 3.8) is 0 Å². The minimum Gasteiger partial charge on any atom is -0.496 e. The molecule has 166 valence electrons. The fraction of sp³-hybridized carbons (Fsp3) is 0.565. The highest BCUT2D eigenvalue weighted by Gasteiger charge is 2.34. The number of hydrogen-bond acceptors (Lipinski definition) is 4. The Labute approximate surface area is 186 Å². The van der Waals surface area contributed by atoms with E-state index in [1.54, 1.807) is 32.2 Å². The third kappa shape index (κ3) is 4.71. The van der Waals surface area contributed by atoms with Gasteiger partial charge in [-0.15, -0.1) is 12.4 Å². The number of aromatic nitrogens is 1. The van der Waals surface area contributed by atoms with Gasteiger partial charge < -0.3 is 15.0 Å². The van der Waals surface area contributed by atoms with Gasteiger partial charge in [0.15, 0.2) is 9.84 Å². The maximum atomic E-state index is 12.3. The van der Waals surface area contributed by atoms with Crippen LogP contribution in [-0.4, -0.2) is 38.9 Å². The number of methoxy groups -OCH3 is 1.